The van der Waals surface area contributed by atoms with E-state index >= 15 is 0 Å². The number of amides is 2. The highest BCUT2D eigenvalue weighted by molar-refractivity contribution is 7.91. The number of aryl methyl sites for hydroxylation is 1. The molecule has 2 amide bonds. The maximum Gasteiger partial charge on any atom is 0.411 e. The normalized spacial score (nSPS) is 17.2. The predicted molar refractivity (Wildman–Crippen MR) is 115 cm³/mol. The number of hydrogen-bond donors (Lipinski definition) is 2. The van der Waals surface area contributed by atoms with Crippen LogP contribution in [-0.2, 0) is 25.9 Å². The fraction of sp³-hybridized carbons (Fsp3) is 0.368. The van der Waals surface area contributed by atoms with E-state index in [4.69, 9.17) is 11.6 Å². The zero-order valence-electron chi connectivity index (χ0n) is 16.8. The Morgan fingerprint density at radius 1 is 1.32 bits per heavy atom. The first-order valence-corrected chi connectivity index (χ1v) is 11.5. The van der Waals surface area contributed by atoms with Gasteiger partial charge in [-0.05, 0) is 31.5 Å². The van der Waals surface area contributed by atoms with E-state index in [1.807, 2.05) is 0 Å². The molecule has 1 fully saturated rings. The summed E-state index contributed by atoms with van der Waals surface area (Å²) in [6.07, 6.45) is -0.356. The number of sulfone groups is 1. The first kappa shape index (κ1) is 22.8. The van der Waals surface area contributed by atoms with Gasteiger partial charge in [-0.15, -0.1) is 0 Å². The van der Waals surface area contributed by atoms with Gasteiger partial charge in [0.2, 0.25) is 5.91 Å². The Labute approximate surface area is 183 Å². The molecule has 10 nitrogen and oxygen atoms in total. The molecule has 31 heavy (non-hydrogen) atoms. The summed E-state index contributed by atoms with van der Waals surface area (Å²) in [5, 5.41) is 5.54. The highest BCUT2D eigenvalue weighted by Crippen LogP contribution is 2.29. The Bertz CT molecular complexity index is 1190. The topological polar surface area (TPSA) is 136 Å². The molecule has 166 valence electrons. The van der Waals surface area contributed by atoms with Crippen LogP contribution in [0, 0.1) is 6.92 Å². The van der Waals surface area contributed by atoms with Gasteiger partial charge in [0.1, 0.15) is 12.4 Å². The third kappa shape index (κ3) is 5.61. The van der Waals surface area contributed by atoms with Crippen LogP contribution in [0.1, 0.15) is 12.2 Å². The molecule has 1 aliphatic heterocycles. The molecule has 0 radical (unpaired) electrons. The van der Waals surface area contributed by atoms with Crippen molar-refractivity contribution in [1.82, 2.24) is 14.9 Å². The number of halogens is 1. The van der Waals surface area contributed by atoms with Crippen LogP contribution in [0.5, 0.6) is 0 Å². The lowest BCUT2D eigenvalue weighted by Crippen LogP contribution is -2.40. The molecule has 12 heteroatoms. The Kier molecular flexibility index (Phi) is 6.65. The number of anilines is 1. The molecule has 0 spiro atoms. The van der Waals surface area contributed by atoms with Gasteiger partial charge in [0.05, 0.1) is 30.0 Å². The van der Waals surface area contributed by atoms with Gasteiger partial charge >= 0.3 is 6.09 Å². The first-order chi connectivity index (χ1) is 14.6. The summed E-state index contributed by atoms with van der Waals surface area (Å²) < 4.78 is 28.9. The number of rotatable bonds is 5. The standard InChI is InChI=1S/C19H21ClN4O6S/c1-11-21-16(14-4-3-12(20)7-15(14)23-19(27)30-2)8-18(26)24(11)9-17(25)22-13-5-6-31(28,29)10-13/h3-4,7-8,13H,5-6,9-10H2,1-2H3,(H,22,25)(H,23,27). The quantitative estimate of drug-likeness (QED) is 0.675. The van der Waals surface area contributed by atoms with E-state index in [0.717, 1.165) is 0 Å². The van der Waals surface area contributed by atoms with Crippen LogP contribution in [0.2, 0.25) is 5.02 Å². The Balaban J connectivity index is 1.84. The van der Waals surface area contributed by atoms with E-state index in [0.29, 0.717) is 22.7 Å². The molecular formula is C19H21ClN4O6S. The lowest BCUT2D eigenvalue weighted by molar-refractivity contribution is -0.122. The summed E-state index contributed by atoms with van der Waals surface area (Å²) in [6.45, 7) is 1.28. The summed E-state index contributed by atoms with van der Waals surface area (Å²) in [5.74, 6) is -0.260. The van der Waals surface area contributed by atoms with Gasteiger partial charge in [0.25, 0.3) is 5.56 Å². The second kappa shape index (κ2) is 9.06. The number of ether oxygens (including phenoxy) is 1. The van der Waals surface area contributed by atoms with Crippen molar-refractivity contribution in [2.75, 3.05) is 23.9 Å². The molecule has 1 atom stereocenters. The molecule has 2 heterocycles. The van der Waals surface area contributed by atoms with E-state index in [1.165, 1.54) is 23.8 Å². The van der Waals surface area contributed by atoms with E-state index in [2.05, 4.69) is 20.4 Å². The van der Waals surface area contributed by atoms with Gasteiger partial charge in [0, 0.05) is 22.7 Å². The lowest BCUT2D eigenvalue weighted by atomic mass is 10.1. The van der Waals surface area contributed by atoms with Crippen molar-refractivity contribution >= 4 is 39.1 Å². The van der Waals surface area contributed by atoms with Crippen molar-refractivity contribution in [3.05, 3.63) is 45.5 Å². The van der Waals surface area contributed by atoms with E-state index in [1.54, 1.807) is 19.1 Å². The highest BCUT2D eigenvalue weighted by atomic mass is 35.5. The smallest absolute Gasteiger partial charge is 0.411 e. The molecule has 2 N–H and O–H groups in total. The molecule has 1 unspecified atom stereocenters. The van der Waals surface area contributed by atoms with Crippen molar-refractivity contribution in [2.45, 2.75) is 25.9 Å². The monoisotopic (exact) mass is 468 g/mol. The van der Waals surface area contributed by atoms with Crippen molar-refractivity contribution in [1.29, 1.82) is 0 Å². The molecule has 3 rings (SSSR count). The van der Waals surface area contributed by atoms with Crippen molar-refractivity contribution in [2.24, 2.45) is 0 Å². The van der Waals surface area contributed by atoms with Crippen LogP contribution in [0.4, 0.5) is 10.5 Å². The van der Waals surface area contributed by atoms with Gasteiger partial charge < -0.3 is 10.1 Å². The minimum atomic E-state index is -3.13. The maximum atomic E-state index is 12.7. The van der Waals surface area contributed by atoms with Gasteiger partial charge in [-0.3, -0.25) is 19.5 Å². The summed E-state index contributed by atoms with van der Waals surface area (Å²) in [4.78, 5) is 41.0. The van der Waals surface area contributed by atoms with Crippen LogP contribution in [0.25, 0.3) is 11.3 Å². The fourth-order valence-corrected chi connectivity index (χ4v) is 5.13. The number of aromatic nitrogens is 2. The van der Waals surface area contributed by atoms with Gasteiger partial charge in [-0.1, -0.05) is 11.6 Å². The molecule has 0 aliphatic carbocycles. The number of carbonyl (C=O) groups excluding carboxylic acids is 2. The Morgan fingerprint density at radius 2 is 2.06 bits per heavy atom. The number of methoxy groups -OCH3 is 1. The summed E-state index contributed by atoms with van der Waals surface area (Å²) >= 11 is 6.00. The number of benzene rings is 1. The fourth-order valence-electron chi connectivity index (χ4n) is 3.28. The third-order valence-electron chi connectivity index (χ3n) is 4.78. The van der Waals surface area contributed by atoms with Crippen molar-refractivity contribution in [3.63, 3.8) is 0 Å². The van der Waals surface area contributed by atoms with Crippen molar-refractivity contribution < 1.29 is 22.7 Å². The van der Waals surface area contributed by atoms with Crippen LogP contribution >= 0.6 is 11.6 Å². The molecule has 1 saturated heterocycles. The molecule has 1 aliphatic rings. The second-order valence-corrected chi connectivity index (χ2v) is 9.75. The second-order valence-electron chi connectivity index (χ2n) is 7.09. The van der Waals surface area contributed by atoms with E-state index in [-0.39, 0.29) is 29.6 Å². The highest BCUT2D eigenvalue weighted by Gasteiger charge is 2.29. The van der Waals surface area contributed by atoms with Crippen LogP contribution in [0.15, 0.2) is 29.1 Å². The largest absolute Gasteiger partial charge is 0.453 e. The molecule has 0 saturated carbocycles. The zero-order chi connectivity index (χ0) is 22.8. The minimum absolute atomic E-state index is 0.0379. The third-order valence-corrected chi connectivity index (χ3v) is 6.78. The molecule has 0 bridgehead atoms. The number of carbonyl (C=O) groups is 2. The van der Waals surface area contributed by atoms with E-state index in [9.17, 15) is 22.8 Å². The summed E-state index contributed by atoms with van der Waals surface area (Å²) in [5.41, 5.74) is 0.561. The number of hydrogen-bond acceptors (Lipinski definition) is 7. The average molecular weight is 469 g/mol. The molecule has 1 aromatic carbocycles. The minimum Gasteiger partial charge on any atom is -0.453 e. The Morgan fingerprint density at radius 3 is 2.68 bits per heavy atom. The molecular weight excluding hydrogens is 448 g/mol. The van der Waals surface area contributed by atoms with Crippen LogP contribution < -0.4 is 16.2 Å². The van der Waals surface area contributed by atoms with Crippen LogP contribution in [0.3, 0.4) is 0 Å². The summed E-state index contributed by atoms with van der Waals surface area (Å²) in [7, 11) is -1.91. The maximum absolute atomic E-state index is 12.7. The number of nitrogens with zero attached hydrogens (tertiary/aromatic N) is 2. The van der Waals surface area contributed by atoms with Gasteiger partial charge in [0.15, 0.2) is 9.84 Å². The van der Waals surface area contributed by atoms with Gasteiger partial charge in [-0.2, -0.15) is 0 Å². The van der Waals surface area contributed by atoms with E-state index < -0.39 is 33.4 Å². The first-order valence-electron chi connectivity index (χ1n) is 9.31. The lowest BCUT2D eigenvalue weighted by Gasteiger charge is -2.15. The predicted octanol–water partition coefficient (Wildman–Crippen LogP) is 1.35. The zero-order valence-corrected chi connectivity index (χ0v) is 18.4. The Hall–Kier alpha value is -2.92. The van der Waals surface area contributed by atoms with Crippen molar-refractivity contribution in [3.8, 4) is 11.3 Å². The summed E-state index contributed by atoms with van der Waals surface area (Å²) in [6, 6.07) is 5.48. The average Bonchev–Trinajstić information content (AvgIpc) is 3.02. The SMILES string of the molecule is COC(=O)Nc1cc(Cl)ccc1-c1cc(=O)n(CC(=O)NC2CCS(=O)(=O)C2)c(C)n1. The van der Waals surface area contributed by atoms with Crippen LogP contribution in [-0.4, -0.2) is 54.6 Å². The number of nitrogens with one attached hydrogen (secondary N) is 2. The van der Waals surface area contributed by atoms with Gasteiger partial charge in [-0.25, -0.2) is 18.2 Å². The molecule has 1 aromatic heterocycles. The molecule has 2 aromatic rings.